The van der Waals surface area contributed by atoms with Crippen LogP contribution in [0.25, 0.3) is 0 Å². The van der Waals surface area contributed by atoms with Crippen LogP contribution in [0.3, 0.4) is 0 Å². The molecule has 2 aromatic rings. The summed E-state index contributed by atoms with van der Waals surface area (Å²) in [4.78, 5) is 10.7. The summed E-state index contributed by atoms with van der Waals surface area (Å²) in [6.07, 6.45) is 3.65. The zero-order valence-corrected chi connectivity index (χ0v) is 12.5. The van der Waals surface area contributed by atoms with Crippen molar-refractivity contribution in [2.75, 3.05) is 13.1 Å². The Hall–Kier alpha value is -0.680. The summed E-state index contributed by atoms with van der Waals surface area (Å²) in [5.74, 6) is 0. The summed E-state index contributed by atoms with van der Waals surface area (Å²) in [5, 5.41) is 0. The first kappa shape index (κ1) is 13.7. The van der Waals surface area contributed by atoms with E-state index in [9.17, 15) is 0 Å². The van der Waals surface area contributed by atoms with Gasteiger partial charge in [-0.1, -0.05) is 23.2 Å². The second-order valence-electron chi connectivity index (χ2n) is 3.35. The van der Waals surface area contributed by atoms with Gasteiger partial charge in [-0.05, 0) is 24.3 Å². The Bertz CT molecular complexity index is 508. The lowest BCUT2D eigenvalue weighted by atomic mass is 10.5. The standard InChI is InChI=1S/C12H10Cl2N2S2/c13-11-3-1-9(17-11)7-15-5-6-16-8-10-2-4-12(14)18-10/h1-4,7-8H,5-6H2. The normalized spacial score (nSPS) is 11.9. The van der Waals surface area contributed by atoms with Crippen LogP contribution >= 0.6 is 45.9 Å². The van der Waals surface area contributed by atoms with E-state index < -0.39 is 0 Å². The molecule has 18 heavy (non-hydrogen) atoms. The molecule has 0 aliphatic heterocycles. The third-order valence-corrected chi connectivity index (χ3v) is 4.31. The number of aliphatic imine (C=N–C) groups is 2. The molecule has 0 fully saturated rings. The molecule has 0 radical (unpaired) electrons. The summed E-state index contributed by atoms with van der Waals surface area (Å²) < 4.78 is 1.56. The monoisotopic (exact) mass is 316 g/mol. The average Bonchev–Trinajstić information content (AvgIpc) is 2.93. The maximum absolute atomic E-state index is 5.82. The number of rotatable bonds is 5. The second kappa shape index (κ2) is 7.04. The van der Waals surface area contributed by atoms with Crippen LogP contribution in [0.1, 0.15) is 9.75 Å². The van der Waals surface area contributed by atoms with Gasteiger partial charge in [0, 0.05) is 22.2 Å². The van der Waals surface area contributed by atoms with Crippen LogP contribution in [0.15, 0.2) is 34.3 Å². The van der Waals surface area contributed by atoms with Gasteiger partial charge in [-0.25, -0.2) is 0 Å². The zero-order chi connectivity index (χ0) is 12.8. The number of hydrogen-bond acceptors (Lipinski definition) is 4. The largest absolute Gasteiger partial charge is 0.290 e. The van der Waals surface area contributed by atoms with E-state index in [1.54, 1.807) is 0 Å². The molecule has 0 saturated heterocycles. The van der Waals surface area contributed by atoms with Gasteiger partial charge in [0.05, 0.1) is 21.8 Å². The van der Waals surface area contributed by atoms with Crippen LogP contribution in [-0.2, 0) is 0 Å². The molecular weight excluding hydrogens is 307 g/mol. The number of hydrogen-bond donors (Lipinski definition) is 0. The molecule has 0 aromatic carbocycles. The summed E-state index contributed by atoms with van der Waals surface area (Å²) in [6, 6.07) is 7.64. The minimum atomic E-state index is 0.672. The van der Waals surface area contributed by atoms with Crippen molar-refractivity contribution in [1.29, 1.82) is 0 Å². The first-order valence-electron chi connectivity index (χ1n) is 5.24. The van der Waals surface area contributed by atoms with E-state index >= 15 is 0 Å². The van der Waals surface area contributed by atoms with Crippen LogP contribution in [0.5, 0.6) is 0 Å². The lowest BCUT2D eigenvalue weighted by molar-refractivity contribution is 0.986. The van der Waals surface area contributed by atoms with Crippen molar-refractivity contribution in [3.05, 3.63) is 42.7 Å². The van der Waals surface area contributed by atoms with E-state index in [1.165, 1.54) is 22.7 Å². The fourth-order valence-corrected chi connectivity index (χ4v) is 3.13. The molecule has 2 aromatic heterocycles. The molecule has 0 N–H and O–H groups in total. The molecule has 0 amide bonds. The molecule has 94 valence electrons. The molecule has 0 spiro atoms. The number of thiophene rings is 2. The van der Waals surface area contributed by atoms with Crippen LogP contribution in [-0.4, -0.2) is 25.5 Å². The molecule has 0 saturated carbocycles. The predicted molar refractivity (Wildman–Crippen MR) is 83.6 cm³/mol. The Kier molecular flexibility index (Phi) is 5.38. The topological polar surface area (TPSA) is 24.7 Å². The third-order valence-electron chi connectivity index (χ3n) is 1.98. The molecule has 2 rings (SSSR count). The van der Waals surface area contributed by atoms with E-state index in [0.717, 1.165) is 18.4 Å². The van der Waals surface area contributed by atoms with E-state index in [2.05, 4.69) is 9.98 Å². The van der Waals surface area contributed by atoms with Crippen LogP contribution < -0.4 is 0 Å². The number of nitrogens with zero attached hydrogens (tertiary/aromatic N) is 2. The van der Waals surface area contributed by atoms with Gasteiger partial charge in [-0.15, -0.1) is 22.7 Å². The average molecular weight is 317 g/mol. The van der Waals surface area contributed by atoms with Crippen molar-refractivity contribution in [2.45, 2.75) is 0 Å². The Balaban J connectivity index is 1.73. The number of halogens is 2. The summed E-state index contributed by atoms with van der Waals surface area (Å²) in [6.45, 7) is 1.34. The maximum Gasteiger partial charge on any atom is 0.0935 e. The third kappa shape index (κ3) is 4.53. The quantitative estimate of drug-likeness (QED) is 0.566. The van der Waals surface area contributed by atoms with Crippen molar-refractivity contribution < 1.29 is 0 Å². The van der Waals surface area contributed by atoms with Gasteiger partial charge in [0.25, 0.3) is 0 Å². The van der Waals surface area contributed by atoms with Crippen LogP contribution in [0.2, 0.25) is 8.67 Å². The Labute approximate surface area is 124 Å². The molecule has 0 unspecified atom stereocenters. The fourth-order valence-electron chi connectivity index (χ4n) is 1.22. The van der Waals surface area contributed by atoms with E-state index in [0.29, 0.717) is 13.1 Å². The summed E-state index contributed by atoms with van der Waals surface area (Å²) in [5.41, 5.74) is 0. The van der Waals surface area contributed by atoms with Gasteiger partial charge in [-0.3, -0.25) is 9.98 Å². The minimum Gasteiger partial charge on any atom is -0.290 e. The smallest absolute Gasteiger partial charge is 0.0935 e. The molecular formula is C12H10Cl2N2S2. The van der Waals surface area contributed by atoms with E-state index in [4.69, 9.17) is 23.2 Å². The lowest BCUT2D eigenvalue weighted by Crippen LogP contribution is -1.88. The molecule has 0 aliphatic rings. The fraction of sp³-hybridized carbons (Fsp3) is 0.167. The van der Waals surface area contributed by atoms with Crippen LogP contribution in [0, 0.1) is 0 Å². The molecule has 0 bridgehead atoms. The second-order valence-corrected chi connectivity index (χ2v) is 6.85. The van der Waals surface area contributed by atoms with Gasteiger partial charge < -0.3 is 0 Å². The van der Waals surface area contributed by atoms with Crippen molar-refractivity contribution in [3.63, 3.8) is 0 Å². The maximum atomic E-state index is 5.82. The van der Waals surface area contributed by atoms with Crippen molar-refractivity contribution >= 4 is 58.3 Å². The van der Waals surface area contributed by atoms with Gasteiger partial charge in [0.2, 0.25) is 0 Å². The van der Waals surface area contributed by atoms with Gasteiger partial charge >= 0.3 is 0 Å². The van der Waals surface area contributed by atoms with Gasteiger partial charge in [0.15, 0.2) is 0 Å². The van der Waals surface area contributed by atoms with Crippen molar-refractivity contribution in [2.24, 2.45) is 9.98 Å². The first-order chi connectivity index (χ1) is 8.74. The summed E-state index contributed by atoms with van der Waals surface area (Å²) in [7, 11) is 0. The predicted octanol–water partition coefficient (Wildman–Crippen LogP) is 4.65. The highest BCUT2D eigenvalue weighted by Gasteiger charge is 1.93. The lowest BCUT2D eigenvalue weighted by Gasteiger charge is -1.88. The highest BCUT2D eigenvalue weighted by atomic mass is 35.5. The van der Waals surface area contributed by atoms with Gasteiger partial charge in [0.1, 0.15) is 0 Å². The van der Waals surface area contributed by atoms with Crippen molar-refractivity contribution in [3.8, 4) is 0 Å². The van der Waals surface area contributed by atoms with Crippen molar-refractivity contribution in [1.82, 2.24) is 0 Å². The molecule has 2 nitrogen and oxygen atoms in total. The van der Waals surface area contributed by atoms with E-state index in [-0.39, 0.29) is 0 Å². The highest BCUT2D eigenvalue weighted by Crippen LogP contribution is 2.20. The molecule has 0 aliphatic carbocycles. The molecule has 2 heterocycles. The minimum absolute atomic E-state index is 0.672. The van der Waals surface area contributed by atoms with Gasteiger partial charge in [-0.2, -0.15) is 0 Å². The zero-order valence-electron chi connectivity index (χ0n) is 9.35. The highest BCUT2D eigenvalue weighted by molar-refractivity contribution is 7.18. The first-order valence-corrected chi connectivity index (χ1v) is 7.63. The molecule has 6 heteroatoms. The SMILES string of the molecule is Clc1ccc(C=NCCN=Cc2ccc(Cl)s2)s1. The Morgan fingerprint density at radius 2 is 1.28 bits per heavy atom. The molecule has 0 atom stereocenters. The summed E-state index contributed by atoms with van der Waals surface area (Å²) >= 11 is 14.7. The Morgan fingerprint density at radius 1 is 0.833 bits per heavy atom. The van der Waals surface area contributed by atoms with E-state index in [1.807, 2.05) is 36.7 Å². The van der Waals surface area contributed by atoms with Crippen LogP contribution in [0.4, 0.5) is 0 Å². The Morgan fingerprint density at radius 3 is 1.61 bits per heavy atom.